The zero-order chi connectivity index (χ0) is 14.6. The third kappa shape index (κ3) is 1.52. The second kappa shape index (κ2) is 4.29. The fraction of sp³-hybridized carbons (Fsp3) is 0. The SMILES string of the molecule is O=C1c2ccccc2C(=O)c2c(S)c(S)c(O)c(O)c21. The Morgan fingerprint density at radius 3 is 1.80 bits per heavy atom. The molecule has 2 aromatic rings. The molecule has 0 unspecified atom stereocenters. The van der Waals surface area contributed by atoms with Crippen LogP contribution >= 0.6 is 25.3 Å². The van der Waals surface area contributed by atoms with Crippen molar-refractivity contribution in [1.82, 2.24) is 0 Å². The van der Waals surface area contributed by atoms with Crippen LogP contribution in [0.5, 0.6) is 11.5 Å². The van der Waals surface area contributed by atoms with Crippen molar-refractivity contribution in [3.8, 4) is 11.5 Å². The van der Waals surface area contributed by atoms with E-state index in [0.29, 0.717) is 0 Å². The Hall–Kier alpha value is -1.92. The molecule has 20 heavy (non-hydrogen) atoms. The van der Waals surface area contributed by atoms with E-state index in [4.69, 9.17) is 0 Å². The molecule has 2 N–H and O–H groups in total. The van der Waals surface area contributed by atoms with Gasteiger partial charge in [0, 0.05) is 16.0 Å². The lowest BCUT2D eigenvalue weighted by Gasteiger charge is -2.21. The van der Waals surface area contributed by atoms with Gasteiger partial charge in [0.05, 0.1) is 16.0 Å². The van der Waals surface area contributed by atoms with Gasteiger partial charge in [0.25, 0.3) is 0 Å². The van der Waals surface area contributed by atoms with Crippen LogP contribution in [0.1, 0.15) is 31.8 Å². The minimum atomic E-state index is -0.643. The molecule has 1 aliphatic rings. The lowest BCUT2D eigenvalue weighted by atomic mass is 9.83. The molecular formula is C14H8O4S2. The van der Waals surface area contributed by atoms with E-state index in [2.05, 4.69) is 25.3 Å². The highest BCUT2D eigenvalue weighted by Crippen LogP contribution is 2.45. The fourth-order valence-electron chi connectivity index (χ4n) is 2.29. The third-order valence-corrected chi connectivity index (χ3v) is 4.33. The molecule has 2 aromatic carbocycles. The highest BCUT2D eigenvalue weighted by atomic mass is 32.1. The first-order chi connectivity index (χ1) is 9.45. The molecule has 0 aromatic heterocycles. The van der Waals surface area contributed by atoms with Crippen LogP contribution in [-0.2, 0) is 0 Å². The van der Waals surface area contributed by atoms with Gasteiger partial charge in [0.15, 0.2) is 23.1 Å². The molecule has 3 rings (SSSR count). The smallest absolute Gasteiger partial charge is 0.198 e. The van der Waals surface area contributed by atoms with Gasteiger partial charge in [-0.1, -0.05) is 24.3 Å². The topological polar surface area (TPSA) is 74.6 Å². The molecule has 4 nitrogen and oxygen atoms in total. The van der Waals surface area contributed by atoms with Gasteiger partial charge in [0.1, 0.15) is 0 Å². The van der Waals surface area contributed by atoms with E-state index in [0.717, 1.165) is 0 Å². The highest BCUT2D eigenvalue weighted by Gasteiger charge is 2.36. The number of thiol groups is 2. The summed E-state index contributed by atoms with van der Waals surface area (Å²) in [5.74, 6) is -2.15. The first-order valence-corrected chi connectivity index (χ1v) is 6.52. The van der Waals surface area contributed by atoms with E-state index in [1.807, 2.05) is 0 Å². The van der Waals surface area contributed by atoms with Crippen LogP contribution in [0.3, 0.4) is 0 Å². The number of aromatic hydroxyl groups is 2. The first-order valence-electron chi connectivity index (χ1n) is 5.63. The Balaban J connectivity index is 2.46. The average Bonchev–Trinajstić information content (AvgIpc) is 2.46. The lowest BCUT2D eigenvalue weighted by molar-refractivity contribution is 0.0973. The molecule has 0 fully saturated rings. The third-order valence-electron chi connectivity index (χ3n) is 3.27. The summed E-state index contributed by atoms with van der Waals surface area (Å²) < 4.78 is 0. The Bertz CT molecular complexity index is 730. The standard InChI is InChI=1S/C14H8O4S2/c15-9-5-3-1-2-4-6(5)10(16)8-7(9)11(17)12(18)14(20)13(8)19/h1-4,17-20H. The molecule has 100 valence electrons. The van der Waals surface area contributed by atoms with Crippen LogP contribution in [0, 0.1) is 0 Å². The number of hydrogen-bond acceptors (Lipinski definition) is 6. The van der Waals surface area contributed by atoms with Crippen LogP contribution in [0.25, 0.3) is 0 Å². The summed E-state index contributed by atoms with van der Waals surface area (Å²) in [6.07, 6.45) is 0. The van der Waals surface area contributed by atoms with Crippen molar-refractivity contribution in [3.63, 3.8) is 0 Å². The van der Waals surface area contributed by atoms with E-state index >= 15 is 0 Å². The Morgan fingerprint density at radius 1 is 0.750 bits per heavy atom. The highest BCUT2D eigenvalue weighted by molar-refractivity contribution is 7.83. The molecule has 0 saturated heterocycles. The van der Waals surface area contributed by atoms with Crippen LogP contribution in [0.2, 0.25) is 0 Å². The van der Waals surface area contributed by atoms with Crippen LogP contribution in [-0.4, -0.2) is 21.8 Å². The number of carbonyl (C=O) groups excluding carboxylic acids is 2. The number of phenolic OH excluding ortho intramolecular Hbond substituents is 2. The monoisotopic (exact) mass is 304 g/mol. The molecular weight excluding hydrogens is 296 g/mol. The van der Waals surface area contributed by atoms with Gasteiger partial charge < -0.3 is 10.2 Å². The molecule has 0 spiro atoms. The van der Waals surface area contributed by atoms with Crippen LogP contribution in [0.15, 0.2) is 34.1 Å². The summed E-state index contributed by atoms with van der Waals surface area (Å²) >= 11 is 8.14. The van der Waals surface area contributed by atoms with Crippen molar-refractivity contribution < 1.29 is 19.8 Å². The van der Waals surface area contributed by atoms with Crippen molar-refractivity contribution in [2.24, 2.45) is 0 Å². The molecule has 0 bridgehead atoms. The van der Waals surface area contributed by atoms with Gasteiger partial charge in [-0.05, 0) is 0 Å². The van der Waals surface area contributed by atoms with Crippen molar-refractivity contribution in [1.29, 1.82) is 0 Å². The van der Waals surface area contributed by atoms with E-state index in [-0.39, 0.29) is 32.0 Å². The van der Waals surface area contributed by atoms with Gasteiger partial charge in [0.2, 0.25) is 0 Å². The number of fused-ring (bicyclic) bond motifs is 2. The molecule has 0 atom stereocenters. The zero-order valence-electron chi connectivity index (χ0n) is 9.91. The van der Waals surface area contributed by atoms with E-state index < -0.39 is 23.1 Å². The van der Waals surface area contributed by atoms with Crippen molar-refractivity contribution in [3.05, 3.63) is 46.5 Å². The normalized spacial score (nSPS) is 13.1. The molecule has 0 aliphatic heterocycles. The Labute approximate surface area is 124 Å². The summed E-state index contributed by atoms with van der Waals surface area (Å²) in [6.45, 7) is 0. The molecule has 0 saturated carbocycles. The molecule has 1 aliphatic carbocycles. The summed E-state index contributed by atoms with van der Waals surface area (Å²) in [4.78, 5) is 24.9. The van der Waals surface area contributed by atoms with E-state index in [9.17, 15) is 19.8 Å². The molecule has 0 heterocycles. The predicted octanol–water partition coefficient (Wildman–Crippen LogP) is 2.45. The van der Waals surface area contributed by atoms with E-state index in [1.165, 1.54) is 12.1 Å². The maximum Gasteiger partial charge on any atom is 0.198 e. The van der Waals surface area contributed by atoms with Gasteiger partial charge in [-0.3, -0.25) is 9.59 Å². The average molecular weight is 304 g/mol. The van der Waals surface area contributed by atoms with Crippen molar-refractivity contribution in [2.75, 3.05) is 0 Å². The Morgan fingerprint density at radius 2 is 1.25 bits per heavy atom. The largest absolute Gasteiger partial charge is 0.504 e. The summed E-state index contributed by atoms with van der Waals surface area (Å²) in [5.41, 5.74) is 0.184. The second-order valence-corrected chi connectivity index (χ2v) is 5.24. The van der Waals surface area contributed by atoms with Gasteiger partial charge >= 0.3 is 0 Å². The molecule has 6 heteroatoms. The molecule has 0 amide bonds. The second-order valence-electron chi connectivity index (χ2n) is 4.35. The van der Waals surface area contributed by atoms with Gasteiger partial charge in [-0.15, -0.1) is 25.3 Å². The fourth-order valence-corrected chi connectivity index (χ4v) is 2.83. The summed E-state index contributed by atoms with van der Waals surface area (Å²) in [7, 11) is 0. The number of carbonyl (C=O) groups is 2. The number of hydrogen-bond donors (Lipinski definition) is 4. The van der Waals surface area contributed by atoms with Crippen LogP contribution in [0.4, 0.5) is 0 Å². The Kier molecular flexibility index (Phi) is 2.81. The lowest BCUT2D eigenvalue weighted by Crippen LogP contribution is -2.21. The maximum absolute atomic E-state index is 12.5. The zero-order valence-corrected chi connectivity index (χ0v) is 11.7. The number of ketones is 2. The predicted molar refractivity (Wildman–Crippen MR) is 77.6 cm³/mol. The minimum absolute atomic E-state index is 0.0302. The summed E-state index contributed by atoms with van der Waals surface area (Å²) in [5, 5.41) is 19.7. The van der Waals surface area contributed by atoms with Crippen LogP contribution < -0.4 is 0 Å². The number of rotatable bonds is 0. The minimum Gasteiger partial charge on any atom is -0.504 e. The number of phenols is 2. The van der Waals surface area contributed by atoms with Crippen molar-refractivity contribution in [2.45, 2.75) is 9.79 Å². The molecule has 0 radical (unpaired) electrons. The maximum atomic E-state index is 12.5. The quantitative estimate of drug-likeness (QED) is 0.380. The van der Waals surface area contributed by atoms with Crippen molar-refractivity contribution >= 4 is 36.8 Å². The van der Waals surface area contributed by atoms with Gasteiger partial charge in [-0.2, -0.15) is 0 Å². The summed E-state index contributed by atoms with van der Waals surface area (Å²) in [6, 6.07) is 6.31. The first kappa shape index (κ1) is 13.1. The van der Waals surface area contributed by atoms with Gasteiger partial charge in [-0.25, -0.2) is 0 Å². The number of benzene rings is 2. The van der Waals surface area contributed by atoms with E-state index in [1.54, 1.807) is 12.1 Å².